The first-order chi connectivity index (χ1) is 8.95. The predicted molar refractivity (Wildman–Crippen MR) is 78.7 cm³/mol. The van der Waals surface area contributed by atoms with E-state index in [2.05, 4.69) is 49.9 Å². The van der Waals surface area contributed by atoms with Crippen LogP contribution in [0.25, 0.3) is 0 Å². The van der Waals surface area contributed by atoms with Crippen LogP contribution in [0.4, 0.5) is 5.69 Å². The Kier molecular flexibility index (Phi) is 2.92. The molecule has 2 heterocycles. The number of piperidine rings is 1. The molecule has 0 aromatic heterocycles. The topological polar surface area (TPSA) is 20.3 Å². The Balaban J connectivity index is 1.86. The maximum atomic E-state index is 11.7. The number of ketones is 1. The summed E-state index contributed by atoms with van der Waals surface area (Å²) in [5.41, 5.74) is 2.87. The lowest BCUT2D eigenvalue weighted by Crippen LogP contribution is -2.43. The van der Waals surface area contributed by atoms with E-state index < -0.39 is 0 Å². The van der Waals surface area contributed by atoms with E-state index >= 15 is 0 Å². The summed E-state index contributed by atoms with van der Waals surface area (Å²) in [6.07, 6.45) is 3.85. The normalized spacial score (nSPS) is 26.9. The number of carbonyl (C=O) groups excluding carboxylic acids is 1. The molecule has 19 heavy (non-hydrogen) atoms. The van der Waals surface area contributed by atoms with E-state index in [9.17, 15) is 4.79 Å². The summed E-state index contributed by atoms with van der Waals surface area (Å²) < 4.78 is 0. The second-order valence-corrected chi connectivity index (χ2v) is 7.04. The number of anilines is 1. The highest BCUT2D eigenvalue weighted by Gasteiger charge is 2.40. The minimum absolute atomic E-state index is 0.204. The van der Waals surface area contributed by atoms with Gasteiger partial charge in [0.05, 0.1) is 0 Å². The van der Waals surface area contributed by atoms with Gasteiger partial charge in [0.1, 0.15) is 5.78 Å². The van der Waals surface area contributed by atoms with Gasteiger partial charge in [-0.25, -0.2) is 0 Å². The van der Waals surface area contributed by atoms with Gasteiger partial charge < -0.3 is 4.90 Å². The molecule has 2 aliphatic heterocycles. The minimum Gasteiger partial charge on any atom is -0.365 e. The van der Waals surface area contributed by atoms with Crippen LogP contribution in [0.1, 0.15) is 52.0 Å². The maximum Gasteiger partial charge on any atom is 0.137 e. The van der Waals surface area contributed by atoms with E-state index in [1.807, 2.05) is 0 Å². The molecule has 0 radical (unpaired) electrons. The Morgan fingerprint density at radius 3 is 2.00 bits per heavy atom. The smallest absolute Gasteiger partial charge is 0.137 e. The lowest BCUT2D eigenvalue weighted by atomic mass is 9.87. The molecule has 2 unspecified atom stereocenters. The van der Waals surface area contributed by atoms with Crippen LogP contribution in [0.2, 0.25) is 0 Å². The fourth-order valence-corrected chi connectivity index (χ4v) is 3.53. The van der Waals surface area contributed by atoms with Gasteiger partial charge in [-0.1, -0.05) is 32.9 Å². The Bertz CT molecular complexity index is 467. The second-order valence-electron chi connectivity index (χ2n) is 7.04. The Morgan fingerprint density at radius 1 is 1.00 bits per heavy atom. The van der Waals surface area contributed by atoms with Crippen molar-refractivity contribution in [2.24, 2.45) is 0 Å². The van der Waals surface area contributed by atoms with Crippen LogP contribution in [0.3, 0.4) is 0 Å². The molecule has 2 nitrogen and oxygen atoms in total. The average molecular weight is 257 g/mol. The number of nitrogens with zero attached hydrogens (tertiary/aromatic N) is 1. The van der Waals surface area contributed by atoms with Crippen molar-refractivity contribution in [1.82, 2.24) is 0 Å². The largest absolute Gasteiger partial charge is 0.365 e. The molecule has 1 aromatic rings. The van der Waals surface area contributed by atoms with E-state index in [4.69, 9.17) is 0 Å². The highest BCUT2D eigenvalue weighted by molar-refractivity contribution is 5.83. The fourth-order valence-electron chi connectivity index (χ4n) is 3.53. The van der Waals surface area contributed by atoms with Crippen molar-refractivity contribution >= 4 is 11.5 Å². The van der Waals surface area contributed by atoms with Crippen molar-refractivity contribution in [2.45, 2.75) is 64.0 Å². The summed E-state index contributed by atoms with van der Waals surface area (Å²) in [4.78, 5) is 14.2. The number of fused-ring (bicyclic) bond motifs is 2. The van der Waals surface area contributed by atoms with E-state index in [0.29, 0.717) is 17.9 Å². The second kappa shape index (κ2) is 4.36. The third-order valence-electron chi connectivity index (χ3n) is 4.58. The standard InChI is InChI=1S/C17H23NO/c1-17(2,3)12-4-6-13(7-5-12)18-14-8-9-15(18)11-16(19)10-14/h4-7,14-15H,8-11H2,1-3H3. The molecule has 2 saturated heterocycles. The number of carbonyl (C=O) groups is 1. The van der Waals surface area contributed by atoms with Crippen LogP contribution in [0, 0.1) is 0 Å². The van der Waals surface area contributed by atoms with Crippen LogP contribution in [0.5, 0.6) is 0 Å². The van der Waals surface area contributed by atoms with Crippen LogP contribution in [-0.4, -0.2) is 17.9 Å². The van der Waals surface area contributed by atoms with Crippen LogP contribution in [-0.2, 0) is 10.2 Å². The van der Waals surface area contributed by atoms with Crippen molar-refractivity contribution in [3.63, 3.8) is 0 Å². The maximum absolute atomic E-state index is 11.7. The third kappa shape index (κ3) is 2.29. The quantitative estimate of drug-likeness (QED) is 0.765. The van der Waals surface area contributed by atoms with Crippen molar-refractivity contribution in [3.8, 4) is 0 Å². The molecule has 0 saturated carbocycles. The zero-order valence-electron chi connectivity index (χ0n) is 12.1. The van der Waals surface area contributed by atoms with Gasteiger partial charge in [-0.3, -0.25) is 4.79 Å². The lowest BCUT2D eigenvalue weighted by molar-refractivity contribution is -0.120. The Hall–Kier alpha value is -1.31. The molecular weight excluding hydrogens is 234 g/mol. The summed E-state index contributed by atoms with van der Waals surface area (Å²) >= 11 is 0. The molecule has 3 rings (SSSR count). The van der Waals surface area contributed by atoms with Gasteiger partial charge >= 0.3 is 0 Å². The minimum atomic E-state index is 0.204. The first kappa shape index (κ1) is 12.7. The van der Waals surface area contributed by atoms with Crippen LogP contribution >= 0.6 is 0 Å². The molecule has 0 N–H and O–H groups in total. The molecule has 0 amide bonds. The van der Waals surface area contributed by atoms with Crippen LogP contribution in [0.15, 0.2) is 24.3 Å². The Morgan fingerprint density at radius 2 is 1.53 bits per heavy atom. The molecular formula is C17H23NO. The first-order valence-corrected chi connectivity index (χ1v) is 7.36. The monoisotopic (exact) mass is 257 g/mol. The molecule has 2 atom stereocenters. The number of rotatable bonds is 1. The van der Waals surface area contributed by atoms with Crippen LogP contribution < -0.4 is 4.90 Å². The van der Waals surface area contributed by atoms with Crippen molar-refractivity contribution in [3.05, 3.63) is 29.8 Å². The molecule has 102 valence electrons. The summed E-state index contributed by atoms with van der Waals surface area (Å²) in [6, 6.07) is 9.86. The molecule has 2 bridgehead atoms. The van der Waals surface area contributed by atoms with E-state index in [-0.39, 0.29) is 5.41 Å². The lowest BCUT2D eigenvalue weighted by Gasteiger charge is -2.36. The van der Waals surface area contributed by atoms with Gasteiger partial charge in [0.15, 0.2) is 0 Å². The number of benzene rings is 1. The van der Waals surface area contributed by atoms with Gasteiger partial charge in [0.25, 0.3) is 0 Å². The average Bonchev–Trinajstić information content (AvgIpc) is 2.61. The number of hydrogen-bond donors (Lipinski definition) is 0. The highest BCUT2D eigenvalue weighted by Crippen LogP contribution is 2.38. The Labute approximate surface area is 115 Å². The van der Waals surface area contributed by atoms with Gasteiger partial charge in [-0.2, -0.15) is 0 Å². The van der Waals surface area contributed by atoms with Gasteiger partial charge in [0.2, 0.25) is 0 Å². The van der Waals surface area contributed by atoms with Gasteiger partial charge in [0, 0.05) is 30.6 Å². The summed E-state index contributed by atoms with van der Waals surface area (Å²) in [5, 5.41) is 0. The highest BCUT2D eigenvalue weighted by atomic mass is 16.1. The molecule has 2 fully saturated rings. The molecule has 0 aliphatic carbocycles. The summed E-state index contributed by atoms with van der Waals surface area (Å²) in [6.45, 7) is 6.72. The zero-order valence-corrected chi connectivity index (χ0v) is 12.1. The summed E-state index contributed by atoms with van der Waals surface area (Å²) in [7, 11) is 0. The zero-order chi connectivity index (χ0) is 13.6. The van der Waals surface area contributed by atoms with E-state index in [1.165, 1.54) is 24.1 Å². The van der Waals surface area contributed by atoms with Crippen molar-refractivity contribution < 1.29 is 4.79 Å². The van der Waals surface area contributed by atoms with Crippen molar-refractivity contribution in [2.75, 3.05) is 4.90 Å². The molecule has 2 aliphatic rings. The van der Waals surface area contributed by atoms with E-state index in [0.717, 1.165) is 12.8 Å². The van der Waals surface area contributed by atoms with Gasteiger partial charge in [-0.05, 0) is 36.0 Å². The molecule has 0 spiro atoms. The molecule has 2 heteroatoms. The summed E-state index contributed by atoms with van der Waals surface area (Å²) in [5.74, 6) is 0.454. The molecule has 1 aromatic carbocycles. The third-order valence-corrected chi connectivity index (χ3v) is 4.58. The SMILES string of the molecule is CC(C)(C)c1ccc(N2C3CCC2CC(=O)C3)cc1. The first-order valence-electron chi connectivity index (χ1n) is 7.36. The van der Waals surface area contributed by atoms with Gasteiger partial charge in [-0.15, -0.1) is 0 Å². The fraction of sp³-hybridized carbons (Fsp3) is 0.588. The van der Waals surface area contributed by atoms with E-state index in [1.54, 1.807) is 0 Å². The predicted octanol–water partition coefficient (Wildman–Crippen LogP) is 3.68. The van der Waals surface area contributed by atoms with Crippen molar-refractivity contribution in [1.29, 1.82) is 0 Å². The number of Topliss-reactive ketones (excluding diaryl/α,β-unsaturated/α-hetero) is 1. The number of hydrogen-bond acceptors (Lipinski definition) is 2.